The number of hydrogen-bond acceptors (Lipinski definition) is 2. The fraction of sp³-hybridized carbons (Fsp3) is 0.0333. The van der Waals surface area contributed by atoms with Crippen LogP contribution in [0.3, 0.4) is 0 Å². The third-order valence-corrected chi connectivity index (χ3v) is 11.8. The average molecular weight is 795 g/mol. The lowest BCUT2D eigenvalue weighted by atomic mass is 9.95. The molecule has 0 aromatic heterocycles. The second-order valence-electron chi connectivity index (χ2n) is 15.7. The van der Waals surface area contributed by atoms with Crippen molar-refractivity contribution >= 4 is 34.0 Å². The van der Waals surface area contributed by atoms with E-state index in [9.17, 15) is 0 Å². The highest BCUT2D eigenvalue weighted by molar-refractivity contribution is 5.82. The predicted molar refractivity (Wildman–Crippen MR) is 263 cm³/mol. The lowest BCUT2D eigenvalue weighted by molar-refractivity contribution is 0.787. The van der Waals surface area contributed by atoms with E-state index < -0.39 is 0 Å². The molecule has 0 aliphatic heterocycles. The molecule has 0 saturated heterocycles. The quantitative estimate of drug-likeness (QED) is 0.129. The number of nitrogens with zero attached hydrogens (tertiary/aromatic N) is 2. The Kier molecular flexibility index (Phi) is 10.9. The van der Waals surface area contributed by atoms with Crippen LogP contribution in [-0.2, 0) is 0 Å². The Morgan fingerprint density at radius 2 is 0.548 bits per heavy atom. The Morgan fingerprint density at radius 1 is 0.274 bits per heavy atom. The van der Waals surface area contributed by atoms with Crippen LogP contribution in [0.5, 0.6) is 0 Å². The zero-order valence-corrected chi connectivity index (χ0v) is 34.5. The summed E-state index contributed by atoms with van der Waals surface area (Å²) >= 11 is 0. The molecule has 0 bridgehead atoms. The summed E-state index contributed by atoms with van der Waals surface area (Å²) in [6, 6.07) is 87.3. The van der Waals surface area contributed by atoms with Gasteiger partial charge in [0, 0.05) is 28.4 Å². The molecule has 0 unspecified atom stereocenters. The van der Waals surface area contributed by atoms with Crippen molar-refractivity contribution in [1.29, 1.82) is 0 Å². The predicted octanol–water partition coefficient (Wildman–Crippen LogP) is 16.4. The molecule has 2 heteroatoms. The van der Waals surface area contributed by atoms with Crippen LogP contribution in [0, 0.1) is 0 Å². The normalized spacial score (nSPS) is 13.3. The van der Waals surface area contributed by atoms with Crippen molar-refractivity contribution in [3.8, 4) is 44.5 Å². The van der Waals surface area contributed by atoms with Crippen LogP contribution in [0.15, 0.2) is 261 Å². The van der Waals surface area contributed by atoms with Crippen molar-refractivity contribution in [3.63, 3.8) is 0 Å². The lowest BCUT2D eigenvalue weighted by Gasteiger charge is -2.33. The zero-order valence-electron chi connectivity index (χ0n) is 34.5. The van der Waals surface area contributed by atoms with Gasteiger partial charge >= 0.3 is 0 Å². The van der Waals surface area contributed by atoms with Crippen LogP contribution in [0.1, 0.15) is 12.0 Å². The van der Waals surface area contributed by atoms with Gasteiger partial charge in [-0.15, -0.1) is 0 Å². The van der Waals surface area contributed by atoms with Gasteiger partial charge in [-0.1, -0.05) is 200 Å². The van der Waals surface area contributed by atoms with E-state index in [1.165, 1.54) is 61.3 Å². The largest absolute Gasteiger partial charge is 0.334 e. The smallest absolute Gasteiger partial charge is 0.0560 e. The van der Waals surface area contributed by atoms with E-state index in [-0.39, 0.29) is 6.04 Å². The molecule has 1 aliphatic carbocycles. The van der Waals surface area contributed by atoms with E-state index in [1.54, 1.807) is 0 Å². The van der Waals surface area contributed by atoms with Gasteiger partial charge in [-0.3, -0.25) is 0 Å². The third-order valence-electron chi connectivity index (χ3n) is 11.8. The van der Waals surface area contributed by atoms with Crippen molar-refractivity contribution < 1.29 is 0 Å². The first kappa shape index (κ1) is 38.3. The van der Waals surface area contributed by atoms with Crippen LogP contribution in [0.4, 0.5) is 28.4 Å². The first-order valence-corrected chi connectivity index (χ1v) is 21.4. The van der Waals surface area contributed by atoms with Gasteiger partial charge in [-0.25, -0.2) is 0 Å². The fourth-order valence-corrected chi connectivity index (χ4v) is 8.55. The molecule has 0 radical (unpaired) electrons. The first-order chi connectivity index (χ1) is 30.7. The highest BCUT2D eigenvalue weighted by atomic mass is 15.2. The second kappa shape index (κ2) is 17.7. The van der Waals surface area contributed by atoms with Crippen molar-refractivity contribution in [1.82, 2.24) is 0 Å². The summed E-state index contributed by atoms with van der Waals surface area (Å²) in [6.45, 7) is 0. The van der Waals surface area contributed by atoms with Gasteiger partial charge in [-0.2, -0.15) is 0 Å². The number of rotatable bonds is 11. The third kappa shape index (κ3) is 8.28. The van der Waals surface area contributed by atoms with Gasteiger partial charge in [0.2, 0.25) is 0 Å². The molecular formula is C60H46N2. The molecule has 0 spiro atoms. The minimum atomic E-state index is 0.171. The average Bonchev–Trinajstić information content (AvgIpc) is 3.36. The monoisotopic (exact) mass is 794 g/mol. The van der Waals surface area contributed by atoms with E-state index in [0.717, 1.165) is 29.2 Å². The van der Waals surface area contributed by atoms with E-state index >= 15 is 0 Å². The van der Waals surface area contributed by atoms with E-state index in [4.69, 9.17) is 0 Å². The molecular weight excluding hydrogens is 749 g/mol. The summed E-state index contributed by atoms with van der Waals surface area (Å²) in [4.78, 5) is 4.81. The van der Waals surface area contributed by atoms with Crippen LogP contribution in [0.25, 0.3) is 50.1 Å². The Hall–Kier alpha value is -7.94. The van der Waals surface area contributed by atoms with Crippen LogP contribution >= 0.6 is 0 Å². The molecule has 0 heterocycles. The van der Waals surface area contributed by atoms with Crippen molar-refractivity contribution in [2.24, 2.45) is 0 Å². The highest BCUT2D eigenvalue weighted by Gasteiger charge is 2.21. The topological polar surface area (TPSA) is 6.48 Å². The van der Waals surface area contributed by atoms with Crippen LogP contribution < -0.4 is 9.80 Å². The summed E-state index contributed by atoms with van der Waals surface area (Å²) in [5, 5.41) is 0. The first-order valence-electron chi connectivity index (χ1n) is 21.4. The number of benzene rings is 9. The van der Waals surface area contributed by atoms with Gasteiger partial charge in [0.15, 0.2) is 0 Å². The second-order valence-corrected chi connectivity index (χ2v) is 15.7. The maximum Gasteiger partial charge on any atom is 0.0560 e. The van der Waals surface area contributed by atoms with Crippen molar-refractivity contribution in [2.75, 3.05) is 9.80 Å². The number of anilines is 5. The fourth-order valence-electron chi connectivity index (χ4n) is 8.55. The standard InChI is InChI=1S/C60H46N2/c1-5-13-45(14-6-1)49-21-33-55(34-22-49)61(56-35-23-50(24-36-56)46-15-7-2-8-16-46)59-41-29-53(30-42-59)54-31-43-60(44-32-54)62(57-37-25-51(26-38-57)47-17-9-3-10-18-47)58-39-27-52(28-40-58)48-19-11-4-12-20-48/h1-39,41-44,58H,40H2/t58-/m1/s1. The minimum absolute atomic E-state index is 0.171. The Morgan fingerprint density at radius 3 is 0.839 bits per heavy atom. The van der Waals surface area contributed by atoms with Crippen molar-refractivity contribution in [3.05, 3.63) is 266 Å². The van der Waals surface area contributed by atoms with Gasteiger partial charge in [0.1, 0.15) is 0 Å². The van der Waals surface area contributed by atoms with Gasteiger partial charge in [0.05, 0.1) is 6.04 Å². The SMILES string of the molecule is C1=C[C@@H](N(c2ccc(-c3ccccc3)cc2)c2ccc(-c3ccc(N(c4ccc(-c5ccccc5)cc4)c4ccc(-c5ccccc5)cc4)cc3)cc2)CC=C1c1ccccc1. The Balaban J connectivity index is 0.945. The molecule has 9 aromatic rings. The Bertz CT molecular complexity index is 2820. The summed E-state index contributed by atoms with van der Waals surface area (Å²) in [5.74, 6) is 0. The summed E-state index contributed by atoms with van der Waals surface area (Å²) in [5.41, 5.74) is 17.8. The van der Waals surface area contributed by atoms with Gasteiger partial charge in [-0.05, 0) is 123 Å². The molecule has 1 aliphatic rings. The van der Waals surface area contributed by atoms with E-state index in [2.05, 4.69) is 271 Å². The molecule has 9 aromatic carbocycles. The van der Waals surface area contributed by atoms with Crippen molar-refractivity contribution in [2.45, 2.75) is 12.5 Å². The Labute approximate surface area is 365 Å². The maximum absolute atomic E-state index is 2.47. The summed E-state index contributed by atoms with van der Waals surface area (Å²) in [7, 11) is 0. The van der Waals surface area contributed by atoms with E-state index in [0.29, 0.717) is 0 Å². The minimum Gasteiger partial charge on any atom is -0.334 e. The lowest BCUT2D eigenvalue weighted by Crippen LogP contribution is -2.30. The molecule has 296 valence electrons. The van der Waals surface area contributed by atoms with Crippen LogP contribution in [-0.4, -0.2) is 6.04 Å². The molecule has 0 amide bonds. The molecule has 0 N–H and O–H groups in total. The van der Waals surface area contributed by atoms with Gasteiger partial charge in [0.25, 0.3) is 0 Å². The zero-order chi connectivity index (χ0) is 41.5. The molecule has 1 atom stereocenters. The molecule has 0 saturated carbocycles. The maximum atomic E-state index is 2.47. The summed E-state index contributed by atoms with van der Waals surface area (Å²) < 4.78 is 0. The molecule has 0 fully saturated rings. The van der Waals surface area contributed by atoms with E-state index in [1.807, 2.05) is 0 Å². The number of allylic oxidation sites excluding steroid dienone is 2. The molecule has 10 rings (SSSR count). The van der Waals surface area contributed by atoms with Gasteiger partial charge < -0.3 is 9.80 Å². The summed E-state index contributed by atoms with van der Waals surface area (Å²) in [6.07, 6.45) is 7.92. The van der Waals surface area contributed by atoms with Crippen LogP contribution in [0.2, 0.25) is 0 Å². The molecule has 62 heavy (non-hydrogen) atoms. The number of hydrogen-bond donors (Lipinski definition) is 0. The highest BCUT2D eigenvalue weighted by Crippen LogP contribution is 2.39. The molecule has 2 nitrogen and oxygen atoms in total.